The van der Waals surface area contributed by atoms with E-state index in [1.54, 1.807) is 0 Å². The summed E-state index contributed by atoms with van der Waals surface area (Å²) in [6, 6.07) is 0. The highest BCUT2D eigenvalue weighted by molar-refractivity contribution is 4.51. The Balaban J connectivity index is 2.95. The van der Waals surface area contributed by atoms with E-state index in [4.69, 9.17) is 4.74 Å². The molecule has 0 aromatic rings. The number of aliphatic hydroxyl groups excluding tert-OH is 1. The third-order valence-corrected chi connectivity index (χ3v) is 3.71. The summed E-state index contributed by atoms with van der Waals surface area (Å²) in [5.41, 5.74) is 0. The van der Waals surface area contributed by atoms with Crippen molar-refractivity contribution in [1.82, 2.24) is 0 Å². The molecule has 0 amide bonds. The van der Waals surface area contributed by atoms with E-state index in [2.05, 4.69) is 6.92 Å². The molecule has 0 heterocycles. The Labute approximate surface area is 120 Å². The average Bonchev–Trinajstić information content (AvgIpc) is 2.43. The van der Waals surface area contributed by atoms with Crippen molar-refractivity contribution in [3.63, 3.8) is 0 Å². The van der Waals surface area contributed by atoms with Crippen LogP contribution in [0.4, 0.5) is 0 Å². The molecule has 0 saturated heterocycles. The SMILES string of the molecule is CCCCCCCCCCCCOCC[C@H](O)CC. The minimum absolute atomic E-state index is 0.173. The number of hydrogen-bond donors (Lipinski definition) is 1. The molecule has 0 aliphatic heterocycles. The monoisotopic (exact) mass is 272 g/mol. The van der Waals surface area contributed by atoms with Crippen LogP contribution in [0, 0.1) is 0 Å². The fourth-order valence-electron chi connectivity index (χ4n) is 2.22. The molecule has 0 unspecified atom stereocenters. The van der Waals surface area contributed by atoms with Gasteiger partial charge in [-0.25, -0.2) is 0 Å². The van der Waals surface area contributed by atoms with Gasteiger partial charge in [0.25, 0.3) is 0 Å². The van der Waals surface area contributed by atoms with Gasteiger partial charge in [0.15, 0.2) is 0 Å². The molecule has 1 atom stereocenters. The molecule has 0 bridgehead atoms. The molecule has 0 spiro atoms. The van der Waals surface area contributed by atoms with Gasteiger partial charge in [0.2, 0.25) is 0 Å². The molecule has 0 saturated carbocycles. The van der Waals surface area contributed by atoms with Crippen molar-refractivity contribution >= 4 is 0 Å². The van der Waals surface area contributed by atoms with Gasteiger partial charge >= 0.3 is 0 Å². The predicted octanol–water partition coefficient (Wildman–Crippen LogP) is 5.08. The van der Waals surface area contributed by atoms with Crippen molar-refractivity contribution in [3.05, 3.63) is 0 Å². The van der Waals surface area contributed by atoms with Crippen LogP contribution in [0.1, 0.15) is 90.9 Å². The van der Waals surface area contributed by atoms with E-state index in [9.17, 15) is 5.11 Å². The maximum Gasteiger partial charge on any atom is 0.0559 e. The first-order valence-electron chi connectivity index (χ1n) is 8.57. The molecular formula is C17H36O2. The molecule has 2 nitrogen and oxygen atoms in total. The van der Waals surface area contributed by atoms with Gasteiger partial charge in [0.1, 0.15) is 0 Å². The third-order valence-electron chi connectivity index (χ3n) is 3.71. The summed E-state index contributed by atoms with van der Waals surface area (Å²) in [5, 5.41) is 9.36. The highest BCUT2D eigenvalue weighted by Gasteiger charge is 1.99. The van der Waals surface area contributed by atoms with E-state index in [1.807, 2.05) is 6.92 Å². The second-order valence-electron chi connectivity index (χ2n) is 5.65. The standard InChI is InChI=1S/C17H36O2/c1-3-5-6-7-8-9-10-11-12-13-15-19-16-14-17(18)4-2/h17-18H,3-16H2,1-2H3/t17-/m1/s1. The fraction of sp³-hybridized carbons (Fsp3) is 1.00. The zero-order chi connectivity index (χ0) is 14.2. The molecule has 0 aliphatic carbocycles. The Kier molecular flexibility index (Phi) is 15.9. The van der Waals surface area contributed by atoms with E-state index in [0.29, 0.717) is 6.61 Å². The number of hydrogen-bond acceptors (Lipinski definition) is 2. The van der Waals surface area contributed by atoms with Crippen LogP contribution in [0.2, 0.25) is 0 Å². The Morgan fingerprint density at radius 1 is 0.737 bits per heavy atom. The zero-order valence-corrected chi connectivity index (χ0v) is 13.3. The smallest absolute Gasteiger partial charge is 0.0559 e. The molecule has 0 rings (SSSR count). The van der Waals surface area contributed by atoms with Crippen LogP contribution < -0.4 is 0 Å². The lowest BCUT2D eigenvalue weighted by Crippen LogP contribution is -2.09. The van der Waals surface area contributed by atoms with E-state index in [-0.39, 0.29) is 6.10 Å². The Bertz CT molecular complexity index is 159. The van der Waals surface area contributed by atoms with Gasteiger partial charge in [-0.2, -0.15) is 0 Å². The van der Waals surface area contributed by atoms with Crippen molar-refractivity contribution in [2.24, 2.45) is 0 Å². The van der Waals surface area contributed by atoms with Crippen molar-refractivity contribution in [2.45, 2.75) is 97.0 Å². The predicted molar refractivity (Wildman–Crippen MR) is 83.6 cm³/mol. The van der Waals surface area contributed by atoms with Gasteiger partial charge < -0.3 is 9.84 Å². The topological polar surface area (TPSA) is 29.5 Å². The van der Waals surface area contributed by atoms with Crippen LogP contribution >= 0.6 is 0 Å². The quantitative estimate of drug-likeness (QED) is 0.421. The summed E-state index contributed by atoms with van der Waals surface area (Å²) in [4.78, 5) is 0. The van der Waals surface area contributed by atoms with Crippen LogP contribution in [-0.4, -0.2) is 24.4 Å². The van der Waals surface area contributed by atoms with E-state index < -0.39 is 0 Å². The number of ether oxygens (including phenoxy) is 1. The molecule has 1 N–H and O–H groups in total. The molecule has 0 radical (unpaired) electrons. The first kappa shape index (κ1) is 18.9. The molecule has 0 aromatic carbocycles. The van der Waals surface area contributed by atoms with E-state index >= 15 is 0 Å². The van der Waals surface area contributed by atoms with Crippen molar-refractivity contribution in [3.8, 4) is 0 Å². The lowest BCUT2D eigenvalue weighted by Gasteiger charge is -2.08. The molecule has 19 heavy (non-hydrogen) atoms. The first-order chi connectivity index (χ1) is 9.31. The Hall–Kier alpha value is -0.0800. The van der Waals surface area contributed by atoms with Crippen LogP contribution in [0.5, 0.6) is 0 Å². The second-order valence-corrected chi connectivity index (χ2v) is 5.65. The van der Waals surface area contributed by atoms with Crippen molar-refractivity contribution < 1.29 is 9.84 Å². The summed E-state index contributed by atoms with van der Waals surface area (Å²) in [6.45, 7) is 5.86. The summed E-state index contributed by atoms with van der Waals surface area (Å²) in [6.07, 6.45) is 15.1. The minimum Gasteiger partial charge on any atom is -0.393 e. The van der Waals surface area contributed by atoms with Gasteiger partial charge in [-0.15, -0.1) is 0 Å². The summed E-state index contributed by atoms with van der Waals surface area (Å²) < 4.78 is 5.52. The van der Waals surface area contributed by atoms with Gasteiger partial charge in [-0.3, -0.25) is 0 Å². The molecule has 0 aliphatic rings. The Morgan fingerprint density at radius 3 is 1.79 bits per heavy atom. The maximum absolute atomic E-state index is 9.36. The average molecular weight is 272 g/mol. The molecule has 116 valence electrons. The normalized spacial score (nSPS) is 12.8. The van der Waals surface area contributed by atoms with Crippen molar-refractivity contribution in [1.29, 1.82) is 0 Å². The van der Waals surface area contributed by atoms with Gasteiger partial charge in [-0.1, -0.05) is 71.6 Å². The van der Waals surface area contributed by atoms with Crippen molar-refractivity contribution in [2.75, 3.05) is 13.2 Å². The fourth-order valence-corrected chi connectivity index (χ4v) is 2.22. The summed E-state index contributed by atoms with van der Waals surface area (Å²) >= 11 is 0. The maximum atomic E-state index is 9.36. The third kappa shape index (κ3) is 15.9. The number of rotatable bonds is 15. The molecule has 2 heteroatoms. The number of aliphatic hydroxyl groups is 1. The lowest BCUT2D eigenvalue weighted by atomic mass is 10.1. The summed E-state index contributed by atoms with van der Waals surface area (Å²) in [5.74, 6) is 0. The largest absolute Gasteiger partial charge is 0.393 e. The lowest BCUT2D eigenvalue weighted by molar-refractivity contribution is 0.0783. The second kappa shape index (κ2) is 16.0. The highest BCUT2D eigenvalue weighted by Crippen LogP contribution is 2.10. The zero-order valence-electron chi connectivity index (χ0n) is 13.3. The van der Waals surface area contributed by atoms with Crippen LogP contribution in [-0.2, 0) is 4.74 Å². The number of unbranched alkanes of at least 4 members (excludes halogenated alkanes) is 9. The molecule has 0 fully saturated rings. The van der Waals surface area contributed by atoms with E-state index in [1.165, 1.54) is 64.2 Å². The first-order valence-corrected chi connectivity index (χ1v) is 8.57. The van der Waals surface area contributed by atoms with Crippen LogP contribution in [0.25, 0.3) is 0 Å². The van der Waals surface area contributed by atoms with Gasteiger partial charge in [0.05, 0.1) is 6.10 Å². The highest BCUT2D eigenvalue weighted by atomic mass is 16.5. The Morgan fingerprint density at radius 2 is 1.26 bits per heavy atom. The summed E-state index contributed by atoms with van der Waals surface area (Å²) in [7, 11) is 0. The molecular weight excluding hydrogens is 236 g/mol. The van der Waals surface area contributed by atoms with Gasteiger partial charge in [0, 0.05) is 13.2 Å². The van der Waals surface area contributed by atoms with E-state index in [0.717, 1.165) is 19.4 Å². The van der Waals surface area contributed by atoms with Gasteiger partial charge in [-0.05, 0) is 19.3 Å². The minimum atomic E-state index is -0.173. The van der Waals surface area contributed by atoms with Crippen LogP contribution in [0.15, 0.2) is 0 Å². The van der Waals surface area contributed by atoms with Crippen LogP contribution in [0.3, 0.4) is 0 Å². The molecule has 0 aromatic heterocycles.